The second kappa shape index (κ2) is 3.74. The fraction of sp³-hybridized carbons (Fsp3) is 0.455. The van der Waals surface area contributed by atoms with Crippen LogP contribution in [-0.4, -0.2) is 14.7 Å². The molecule has 1 aromatic carbocycles. The van der Waals surface area contributed by atoms with Crippen LogP contribution in [0.2, 0.25) is 0 Å². The molecule has 1 fully saturated rings. The van der Waals surface area contributed by atoms with Gasteiger partial charge in [0.15, 0.2) is 9.84 Å². The molecule has 0 atom stereocenters. The third-order valence-electron chi connectivity index (χ3n) is 3.20. The summed E-state index contributed by atoms with van der Waals surface area (Å²) in [5.41, 5.74) is 5.11. The largest absolute Gasteiger partial charge is 0.321 e. The second-order valence-electron chi connectivity index (χ2n) is 4.54. The minimum atomic E-state index is -3.76. The minimum Gasteiger partial charge on any atom is -0.321 e. The summed E-state index contributed by atoms with van der Waals surface area (Å²) in [6.07, 6.45) is 2.88. The molecule has 0 saturated heterocycles. The molecule has 0 unspecified atom stereocenters. The van der Waals surface area contributed by atoms with Gasteiger partial charge in [-0.3, -0.25) is 0 Å². The molecule has 0 spiro atoms. The van der Waals surface area contributed by atoms with Crippen LogP contribution in [0.25, 0.3) is 0 Å². The summed E-state index contributed by atoms with van der Waals surface area (Å²) in [5.74, 6) is -1.70. The topological polar surface area (TPSA) is 60.2 Å². The van der Waals surface area contributed by atoms with Crippen molar-refractivity contribution in [3.63, 3.8) is 0 Å². The molecule has 2 rings (SSSR count). The van der Waals surface area contributed by atoms with Crippen molar-refractivity contribution in [2.45, 2.75) is 29.7 Å². The number of benzene rings is 1. The van der Waals surface area contributed by atoms with Crippen LogP contribution in [0.3, 0.4) is 0 Å². The van der Waals surface area contributed by atoms with Gasteiger partial charge in [-0.15, -0.1) is 0 Å². The third kappa shape index (κ3) is 2.07. The number of halogens is 2. The van der Waals surface area contributed by atoms with E-state index in [1.165, 1.54) is 0 Å². The summed E-state index contributed by atoms with van der Waals surface area (Å²) in [5, 5.41) is 0. The van der Waals surface area contributed by atoms with E-state index in [1.54, 1.807) is 0 Å². The van der Waals surface area contributed by atoms with Crippen molar-refractivity contribution in [3.05, 3.63) is 29.3 Å². The van der Waals surface area contributed by atoms with Gasteiger partial charge in [-0.2, -0.15) is 0 Å². The molecule has 0 aliphatic heterocycles. The summed E-state index contributed by atoms with van der Waals surface area (Å²) in [4.78, 5) is -0.623. The Labute approximate surface area is 98.5 Å². The minimum absolute atomic E-state index is 0.0636. The van der Waals surface area contributed by atoms with Crippen molar-refractivity contribution in [2.75, 3.05) is 6.26 Å². The normalized spacial score (nSPS) is 18.8. The Morgan fingerprint density at radius 3 is 2.24 bits per heavy atom. The quantitative estimate of drug-likeness (QED) is 0.881. The van der Waals surface area contributed by atoms with E-state index in [0.717, 1.165) is 18.7 Å². The summed E-state index contributed by atoms with van der Waals surface area (Å²) in [7, 11) is -3.76. The Hall–Kier alpha value is -1.01. The van der Waals surface area contributed by atoms with Gasteiger partial charge in [-0.05, 0) is 31.4 Å². The van der Waals surface area contributed by atoms with Gasteiger partial charge in [-0.25, -0.2) is 17.2 Å². The van der Waals surface area contributed by atoms with Gasteiger partial charge in [0.25, 0.3) is 0 Å². The average Bonchev–Trinajstić information content (AvgIpc) is 2.16. The maximum Gasteiger partial charge on any atom is 0.178 e. The summed E-state index contributed by atoms with van der Waals surface area (Å²) in [6, 6.07) is 1.62. The zero-order chi connectivity index (χ0) is 12.8. The molecule has 0 heterocycles. The second-order valence-corrected chi connectivity index (χ2v) is 6.53. The van der Waals surface area contributed by atoms with Crippen molar-refractivity contribution < 1.29 is 17.2 Å². The van der Waals surface area contributed by atoms with Crippen molar-refractivity contribution in [1.29, 1.82) is 0 Å². The lowest BCUT2D eigenvalue weighted by molar-refractivity contribution is 0.243. The smallest absolute Gasteiger partial charge is 0.178 e. The lowest BCUT2D eigenvalue weighted by Gasteiger charge is -2.38. The lowest BCUT2D eigenvalue weighted by atomic mass is 9.72. The van der Waals surface area contributed by atoms with E-state index in [-0.39, 0.29) is 5.56 Å². The lowest BCUT2D eigenvalue weighted by Crippen LogP contribution is -2.44. The van der Waals surface area contributed by atoms with E-state index in [9.17, 15) is 17.2 Å². The van der Waals surface area contributed by atoms with E-state index in [1.807, 2.05) is 0 Å². The van der Waals surface area contributed by atoms with Crippen LogP contribution < -0.4 is 5.73 Å². The molecular formula is C11H13F2NO2S. The summed E-state index contributed by atoms with van der Waals surface area (Å²) < 4.78 is 49.8. The van der Waals surface area contributed by atoms with Crippen molar-refractivity contribution >= 4 is 9.84 Å². The van der Waals surface area contributed by atoms with Gasteiger partial charge in [0.2, 0.25) is 0 Å². The van der Waals surface area contributed by atoms with Crippen molar-refractivity contribution in [1.82, 2.24) is 0 Å². The predicted octanol–water partition coefficient (Wildman–Crippen LogP) is 1.71. The zero-order valence-corrected chi connectivity index (χ0v) is 10.2. The summed E-state index contributed by atoms with van der Waals surface area (Å²) in [6.45, 7) is 0. The number of nitrogens with two attached hydrogens (primary N) is 1. The number of rotatable bonds is 2. The van der Waals surface area contributed by atoms with Crippen LogP contribution in [0, 0.1) is 11.6 Å². The predicted molar refractivity (Wildman–Crippen MR) is 59.2 cm³/mol. The molecule has 0 aromatic heterocycles. The monoisotopic (exact) mass is 261 g/mol. The Morgan fingerprint density at radius 2 is 1.82 bits per heavy atom. The Morgan fingerprint density at radius 1 is 1.24 bits per heavy atom. The van der Waals surface area contributed by atoms with Gasteiger partial charge in [0.1, 0.15) is 16.5 Å². The van der Waals surface area contributed by atoms with E-state index in [4.69, 9.17) is 5.73 Å². The SMILES string of the molecule is CS(=O)(=O)c1cc(F)c(C2(N)CCC2)cc1F. The number of sulfone groups is 1. The van der Waals surface area contributed by atoms with E-state index in [2.05, 4.69) is 0 Å². The van der Waals surface area contributed by atoms with Crippen LogP contribution in [0.5, 0.6) is 0 Å². The molecule has 1 aliphatic rings. The number of hydrogen-bond acceptors (Lipinski definition) is 3. The molecule has 3 nitrogen and oxygen atoms in total. The summed E-state index contributed by atoms with van der Waals surface area (Å²) >= 11 is 0. The molecule has 0 bridgehead atoms. The van der Waals surface area contributed by atoms with E-state index >= 15 is 0 Å². The highest BCUT2D eigenvalue weighted by molar-refractivity contribution is 7.90. The molecule has 1 aromatic rings. The van der Waals surface area contributed by atoms with Gasteiger partial charge in [0.05, 0.1) is 0 Å². The van der Waals surface area contributed by atoms with Crippen molar-refractivity contribution in [2.24, 2.45) is 5.73 Å². The molecule has 0 amide bonds. The van der Waals surface area contributed by atoms with Crippen LogP contribution in [-0.2, 0) is 15.4 Å². The molecule has 17 heavy (non-hydrogen) atoms. The highest BCUT2D eigenvalue weighted by Gasteiger charge is 2.37. The van der Waals surface area contributed by atoms with E-state index in [0.29, 0.717) is 18.9 Å². The van der Waals surface area contributed by atoms with Crippen LogP contribution in [0.1, 0.15) is 24.8 Å². The van der Waals surface area contributed by atoms with Crippen LogP contribution in [0.4, 0.5) is 8.78 Å². The van der Waals surface area contributed by atoms with Gasteiger partial charge in [-0.1, -0.05) is 0 Å². The van der Waals surface area contributed by atoms with E-state index < -0.39 is 31.9 Å². The third-order valence-corrected chi connectivity index (χ3v) is 4.32. The fourth-order valence-corrected chi connectivity index (χ4v) is 2.75. The number of hydrogen-bond donors (Lipinski definition) is 1. The van der Waals surface area contributed by atoms with Gasteiger partial charge < -0.3 is 5.73 Å². The molecule has 94 valence electrons. The van der Waals surface area contributed by atoms with Crippen molar-refractivity contribution in [3.8, 4) is 0 Å². The van der Waals surface area contributed by atoms with Gasteiger partial charge >= 0.3 is 0 Å². The van der Waals surface area contributed by atoms with Crippen LogP contribution in [0.15, 0.2) is 17.0 Å². The first-order valence-electron chi connectivity index (χ1n) is 5.22. The highest BCUT2D eigenvalue weighted by Crippen LogP contribution is 2.40. The molecule has 1 saturated carbocycles. The standard InChI is InChI=1S/C11H13F2NO2S/c1-17(15,16)10-6-8(12)7(5-9(10)13)11(14)3-2-4-11/h5-6H,2-4,14H2,1H3. The molecular weight excluding hydrogens is 248 g/mol. The molecule has 1 aliphatic carbocycles. The van der Waals surface area contributed by atoms with Crippen LogP contribution >= 0.6 is 0 Å². The zero-order valence-electron chi connectivity index (χ0n) is 9.33. The Kier molecular flexibility index (Phi) is 2.74. The maximum atomic E-state index is 13.8. The van der Waals surface area contributed by atoms with Gasteiger partial charge in [0, 0.05) is 17.4 Å². The maximum absolute atomic E-state index is 13.8. The first-order valence-corrected chi connectivity index (χ1v) is 7.12. The highest BCUT2D eigenvalue weighted by atomic mass is 32.2. The Balaban J connectivity index is 2.57. The fourth-order valence-electron chi connectivity index (χ4n) is 2.02. The first kappa shape index (κ1) is 12.4. The average molecular weight is 261 g/mol. The molecule has 0 radical (unpaired) electrons. The first-order chi connectivity index (χ1) is 7.74. The molecule has 6 heteroatoms. The molecule has 2 N–H and O–H groups in total. The Bertz CT molecular complexity index is 565.